The molecule has 0 bridgehead atoms. The lowest BCUT2D eigenvalue weighted by Gasteiger charge is -2.18. The van der Waals surface area contributed by atoms with E-state index in [9.17, 15) is 0 Å². The highest BCUT2D eigenvalue weighted by Crippen LogP contribution is 2.10. The van der Waals surface area contributed by atoms with E-state index in [0.717, 1.165) is 31.4 Å². The van der Waals surface area contributed by atoms with E-state index >= 15 is 0 Å². The van der Waals surface area contributed by atoms with Gasteiger partial charge in [0.05, 0.1) is 0 Å². The number of aromatic nitrogens is 2. The molecule has 114 valence electrons. The molecule has 1 aromatic rings. The van der Waals surface area contributed by atoms with Crippen LogP contribution in [0, 0.1) is 0 Å². The molecule has 0 aliphatic heterocycles. The van der Waals surface area contributed by atoms with Crippen LogP contribution in [0.15, 0.2) is 12.3 Å². The number of hydrogen-bond acceptors (Lipinski definition) is 5. The molecule has 0 saturated heterocycles. The van der Waals surface area contributed by atoms with Gasteiger partial charge in [0.15, 0.2) is 0 Å². The minimum atomic E-state index is 0.802. The lowest BCUT2D eigenvalue weighted by atomic mass is 10.2. The Hall–Kier alpha value is -1.36. The molecular weight excluding hydrogens is 250 g/mol. The van der Waals surface area contributed by atoms with Crippen LogP contribution in [0.3, 0.4) is 0 Å². The van der Waals surface area contributed by atoms with Crippen molar-refractivity contribution in [2.75, 3.05) is 51.0 Å². The van der Waals surface area contributed by atoms with Gasteiger partial charge in [-0.15, -0.1) is 0 Å². The summed E-state index contributed by atoms with van der Waals surface area (Å²) >= 11 is 0. The minimum Gasteiger partial charge on any atom is -0.369 e. The van der Waals surface area contributed by atoms with Crippen LogP contribution < -0.4 is 10.2 Å². The average molecular weight is 279 g/mol. The summed E-state index contributed by atoms with van der Waals surface area (Å²) in [4.78, 5) is 13.2. The largest absolute Gasteiger partial charge is 0.369 e. The monoisotopic (exact) mass is 279 g/mol. The standard InChI is InChI=1S/C15H29N5/c1-5-6-7-8-12-20(4)15-17-10-9-14(18-15)16-11-13-19(2)3/h9-10H,5-8,11-13H2,1-4H3,(H,16,17,18). The van der Waals surface area contributed by atoms with Crippen LogP contribution in [0.4, 0.5) is 11.8 Å². The molecule has 5 heteroatoms. The quantitative estimate of drug-likeness (QED) is 0.667. The first kappa shape index (κ1) is 16.7. The van der Waals surface area contributed by atoms with E-state index in [1.165, 1.54) is 25.7 Å². The van der Waals surface area contributed by atoms with E-state index in [0.29, 0.717) is 0 Å². The summed E-state index contributed by atoms with van der Waals surface area (Å²) in [5.41, 5.74) is 0. The Kier molecular flexibility index (Phi) is 7.95. The van der Waals surface area contributed by atoms with Crippen molar-refractivity contribution in [3.05, 3.63) is 12.3 Å². The summed E-state index contributed by atoms with van der Waals surface area (Å²) in [6.07, 6.45) is 6.88. The average Bonchev–Trinajstić information content (AvgIpc) is 2.43. The Bertz CT molecular complexity index is 367. The second-order valence-corrected chi connectivity index (χ2v) is 5.45. The number of likely N-dealkylation sites (N-methyl/N-ethyl adjacent to an activating group) is 1. The number of nitrogens with zero attached hydrogens (tertiary/aromatic N) is 4. The van der Waals surface area contributed by atoms with E-state index in [2.05, 4.69) is 53.2 Å². The van der Waals surface area contributed by atoms with Gasteiger partial charge in [-0.05, 0) is 26.6 Å². The second kappa shape index (κ2) is 9.53. The van der Waals surface area contributed by atoms with Crippen LogP contribution in [0.5, 0.6) is 0 Å². The molecule has 1 rings (SSSR count). The molecule has 0 spiro atoms. The highest BCUT2D eigenvalue weighted by molar-refractivity contribution is 5.40. The zero-order valence-electron chi connectivity index (χ0n) is 13.4. The fourth-order valence-corrected chi connectivity index (χ4v) is 1.91. The Morgan fingerprint density at radius 3 is 2.60 bits per heavy atom. The molecule has 0 atom stereocenters. The molecule has 0 unspecified atom stereocenters. The Morgan fingerprint density at radius 2 is 1.90 bits per heavy atom. The Labute approximate surface area is 123 Å². The first-order chi connectivity index (χ1) is 9.63. The smallest absolute Gasteiger partial charge is 0.226 e. The molecule has 0 saturated carbocycles. The van der Waals surface area contributed by atoms with E-state index in [4.69, 9.17) is 0 Å². The number of rotatable bonds is 10. The third-order valence-electron chi connectivity index (χ3n) is 3.20. The molecular formula is C15H29N5. The Morgan fingerprint density at radius 1 is 1.10 bits per heavy atom. The van der Waals surface area contributed by atoms with Gasteiger partial charge in [-0.1, -0.05) is 26.2 Å². The maximum absolute atomic E-state index is 4.55. The lowest BCUT2D eigenvalue weighted by molar-refractivity contribution is 0.425. The van der Waals surface area contributed by atoms with Gasteiger partial charge in [0.2, 0.25) is 5.95 Å². The topological polar surface area (TPSA) is 44.3 Å². The normalized spacial score (nSPS) is 10.8. The van der Waals surface area contributed by atoms with Crippen LogP contribution >= 0.6 is 0 Å². The van der Waals surface area contributed by atoms with E-state index in [1.807, 2.05) is 12.3 Å². The second-order valence-electron chi connectivity index (χ2n) is 5.45. The summed E-state index contributed by atoms with van der Waals surface area (Å²) in [6.45, 7) is 5.13. The highest BCUT2D eigenvalue weighted by atomic mass is 15.2. The number of nitrogens with one attached hydrogen (secondary N) is 1. The van der Waals surface area contributed by atoms with Crippen molar-refractivity contribution in [3.8, 4) is 0 Å². The first-order valence-corrected chi connectivity index (χ1v) is 7.56. The molecule has 20 heavy (non-hydrogen) atoms. The van der Waals surface area contributed by atoms with Gasteiger partial charge in [-0.3, -0.25) is 0 Å². The predicted molar refractivity (Wildman–Crippen MR) is 86.5 cm³/mol. The summed E-state index contributed by atoms with van der Waals surface area (Å²) in [5, 5.41) is 3.33. The van der Waals surface area contributed by atoms with Gasteiger partial charge < -0.3 is 15.1 Å². The van der Waals surface area contributed by atoms with Crippen LogP contribution in [0.1, 0.15) is 32.6 Å². The maximum atomic E-state index is 4.55. The molecule has 1 aromatic heterocycles. The minimum absolute atomic E-state index is 0.802. The predicted octanol–water partition coefficient (Wildman–Crippen LogP) is 2.47. The fraction of sp³-hybridized carbons (Fsp3) is 0.733. The summed E-state index contributed by atoms with van der Waals surface area (Å²) in [5.74, 6) is 1.70. The van der Waals surface area contributed by atoms with Crippen LogP contribution in [0.2, 0.25) is 0 Å². The van der Waals surface area contributed by atoms with Crippen LogP contribution in [0.25, 0.3) is 0 Å². The Balaban J connectivity index is 2.41. The van der Waals surface area contributed by atoms with Gasteiger partial charge >= 0.3 is 0 Å². The van der Waals surface area contributed by atoms with E-state index < -0.39 is 0 Å². The van der Waals surface area contributed by atoms with Gasteiger partial charge in [-0.25, -0.2) is 4.98 Å². The number of anilines is 2. The van der Waals surface area contributed by atoms with Crippen molar-refractivity contribution >= 4 is 11.8 Å². The fourth-order valence-electron chi connectivity index (χ4n) is 1.91. The van der Waals surface area contributed by atoms with Gasteiger partial charge in [0, 0.05) is 32.9 Å². The van der Waals surface area contributed by atoms with Crippen molar-refractivity contribution in [2.24, 2.45) is 0 Å². The van der Waals surface area contributed by atoms with E-state index in [1.54, 1.807) is 0 Å². The SMILES string of the molecule is CCCCCCN(C)c1nccc(NCCN(C)C)n1. The molecule has 1 N–H and O–H groups in total. The zero-order chi connectivity index (χ0) is 14.8. The molecule has 0 radical (unpaired) electrons. The van der Waals surface area contributed by atoms with Crippen LogP contribution in [-0.4, -0.2) is 55.6 Å². The first-order valence-electron chi connectivity index (χ1n) is 7.56. The summed E-state index contributed by atoms with van der Waals surface area (Å²) in [6, 6.07) is 1.92. The van der Waals surface area contributed by atoms with Crippen molar-refractivity contribution in [2.45, 2.75) is 32.6 Å². The van der Waals surface area contributed by atoms with Gasteiger partial charge in [0.1, 0.15) is 5.82 Å². The molecule has 0 aliphatic rings. The number of hydrogen-bond donors (Lipinski definition) is 1. The zero-order valence-corrected chi connectivity index (χ0v) is 13.4. The summed E-state index contributed by atoms with van der Waals surface area (Å²) < 4.78 is 0. The van der Waals surface area contributed by atoms with Gasteiger partial charge in [-0.2, -0.15) is 4.98 Å². The highest BCUT2D eigenvalue weighted by Gasteiger charge is 2.05. The molecule has 0 fully saturated rings. The molecule has 1 heterocycles. The molecule has 0 aliphatic carbocycles. The molecule has 5 nitrogen and oxygen atoms in total. The summed E-state index contributed by atoms with van der Waals surface area (Å²) in [7, 11) is 6.19. The maximum Gasteiger partial charge on any atom is 0.226 e. The van der Waals surface area contributed by atoms with Gasteiger partial charge in [0.25, 0.3) is 0 Å². The van der Waals surface area contributed by atoms with Crippen molar-refractivity contribution in [3.63, 3.8) is 0 Å². The van der Waals surface area contributed by atoms with Crippen molar-refractivity contribution in [1.29, 1.82) is 0 Å². The van der Waals surface area contributed by atoms with Crippen molar-refractivity contribution in [1.82, 2.24) is 14.9 Å². The number of unbranched alkanes of at least 4 members (excludes halogenated alkanes) is 3. The van der Waals surface area contributed by atoms with E-state index in [-0.39, 0.29) is 0 Å². The van der Waals surface area contributed by atoms with Crippen molar-refractivity contribution < 1.29 is 0 Å². The molecule has 0 amide bonds. The lowest BCUT2D eigenvalue weighted by Crippen LogP contribution is -2.23. The third-order valence-corrected chi connectivity index (χ3v) is 3.20. The molecule has 0 aromatic carbocycles. The third kappa shape index (κ3) is 6.70. The van der Waals surface area contributed by atoms with Crippen LogP contribution in [-0.2, 0) is 0 Å².